The summed E-state index contributed by atoms with van der Waals surface area (Å²) in [5.74, 6) is 0.513. The molecule has 1 saturated heterocycles. The van der Waals surface area contributed by atoms with E-state index in [0.717, 1.165) is 50.2 Å². The standard InChI is InChI=1S/C16H20FNO3/c1-20-16(19)11-4-6-18(7-5-11)10-14-9-12-8-13(17)2-3-15(12)21-14/h2-3,8,11,14H,4-7,9-10H2,1H3. The zero-order valence-corrected chi connectivity index (χ0v) is 12.2. The third-order valence-electron chi connectivity index (χ3n) is 4.35. The highest BCUT2D eigenvalue weighted by Crippen LogP contribution is 2.30. The van der Waals surface area contributed by atoms with Crippen molar-refractivity contribution in [2.45, 2.75) is 25.4 Å². The number of hydrogen-bond donors (Lipinski definition) is 0. The highest BCUT2D eigenvalue weighted by molar-refractivity contribution is 5.72. The number of likely N-dealkylation sites (tertiary alicyclic amines) is 1. The van der Waals surface area contributed by atoms with E-state index in [-0.39, 0.29) is 23.8 Å². The van der Waals surface area contributed by atoms with Crippen LogP contribution in [-0.4, -0.2) is 43.7 Å². The van der Waals surface area contributed by atoms with Gasteiger partial charge < -0.3 is 9.47 Å². The van der Waals surface area contributed by atoms with Gasteiger partial charge in [0.2, 0.25) is 0 Å². The van der Waals surface area contributed by atoms with Gasteiger partial charge in [-0.1, -0.05) is 0 Å². The van der Waals surface area contributed by atoms with Gasteiger partial charge in [-0.15, -0.1) is 0 Å². The number of piperidine rings is 1. The van der Waals surface area contributed by atoms with Crippen LogP contribution in [0.2, 0.25) is 0 Å². The smallest absolute Gasteiger partial charge is 0.308 e. The van der Waals surface area contributed by atoms with Gasteiger partial charge in [0.05, 0.1) is 13.0 Å². The summed E-state index contributed by atoms with van der Waals surface area (Å²) < 4.78 is 23.8. The highest BCUT2D eigenvalue weighted by Gasteiger charge is 2.29. The minimum Gasteiger partial charge on any atom is -0.488 e. The van der Waals surface area contributed by atoms with E-state index in [1.54, 1.807) is 12.1 Å². The third-order valence-corrected chi connectivity index (χ3v) is 4.35. The number of benzene rings is 1. The number of nitrogens with zero attached hydrogens (tertiary/aromatic N) is 1. The molecule has 2 aliphatic rings. The normalized spacial score (nSPS) is 22.7. The van der Waals surface area contributed by atoms with E-state index in [0.29, 0.717) is 0 Å². The second-order valence-electron chi connectivity index (χ2n) is 5.79. The maximum absolute atomic E-state index is 13.2. The first-order valence-electron chi connectivity index (χ1n) is 7.41. The Kier molecular flexibility index (Phi) is 4.10. The van der Waals surface area contributed by atoms with E-state index in [1.807, 2.05) is 0 Å². The van der Waals surface area contributed by atoms with Gasteiger partial charge in [-0.3, -0.25) is 9.69 Å². The fourth-order valence-corrected chi connectivity index (χ4v) is 3.20. The fourth-order valence-electron chi connectivity index (χ4n) is 3.20. The van der Waals surface area contributed by atoms with Crippen molar-refractivity contribution in [3.8, 4) is 5.75 Å². The molecule has 5 heteroatoms. The molecule has 1 aromatic carbocycles. The van der Waals surface area contributed by atoms with Crippen LogP contribution in [-0.2, 0) is 16.0 Å². The molecule has 0 radical (unpaired) electrons. The first-order chi connectivity index (χ1) is 10.2. The zero-order valence-electron chi connectivity index (χ0n) is 12.2. The van der Waals surface area contributed by atoms with Crippen molar-refractivity contribution in [2.24, 2.45) is 5.92 Å². The molecule has 0 bridgehead atoms. The predicted molar refractivity (Wildman–Crippen MR) is 75.7 cm³/mol. The van der Waals surface area contributed by atoms with Crippen LogP contribution in [0, 0.1) is 11.7 Å². The lowest BCUT2D eigenvalue weighted by Crippen LogP contribution is -2.41. The average molecular weight is 293 g/mol. The number of methoxy groups -OCH3 is 1. The number of carbonyl (C=O) groups excluding carboxylic acids is 1. The summed E-state index contributed by atoms with van der Waals surface area (Å²) in [6, 6.07) is 4.69. The Bertz CT molecular complexity index is 526. The lowest BCUT2D eigenvalue weighted by molar-refractivity contribution is -0.147. The van der Waals surface area contributed by atoms with Crippen LogP contribution < -0.4 is 4.74 Å². The summed E-state index contributed by atoms with van der Waals surface area (Å²) >= 11 is 0. The Morgan fingerprint density at radius 2 is 2.19 bits per heavy atom. The zero-order chi connectivity index (χ0) is 14.8. The van der Waals surface area contributed by atoms with Crippen molar-refractivity contribution in [3.05, 3.63) is 29.6 Å². The molecule has 0 spiro atoms. The van der Waals surface area contributed by atoms with Gasteiger partial charge in [0, 0.05) is 18.5 Å². The van der Waals surface area contributed by atoms with Crippen LogP contribution in [0.1, 0.15) is 18.4 Å². The van der Waals surface area contributed by atoms with Crippen LogP contribution in [0.3, 0.4) is 0 Å². The number of hydrogen-bond acceptors (Lipinski definition) is 4. The minimum atomic E-state index is -0.211. The molecule has 1 unspecified atom stereocenters. The summed E-state index contributed by atoms with van der Waals surface area (Å²) in [6.45, 7) is 2.58. The molecule has 0 amide bonds. The molecule has 114 valence electrons. The van der Waals surface area contributed by atoms with Crippen molar-refractivity contribution in [1.82, 2.24) is 4.90 Å². The Balaban J connectivity index is 1.50. The molecule has 3 rings (SSSR count). The molecule has 0 aliphatic carbocycles. The number of rotatable bonds is 3. The topological polar surface area (TPSA) is 38.8 Å². The van der Waals surface area contributed by atoms with E-state index >= 15 is 0 Å². The van der Waals surface area contributed by atoms with Gasteiger partial charge in [0.25, 0.3) is 0 Å². The van der Waals surface area contributed by atoms with Crippen LogP contribution >= 0.6 is 0 Å². The van der Waals surface area contributed by atoms with Crippen LogP contribution in [0.15, 0.2) is 18.2 Å². The Morgan fingerprint density at radius 3 is 2.90 bits per heavy atom. The summed E-state index contributed by atoms with van der Waals surface area (Å²) in [4.78, 5) is 13.8. The Labute approximate surface area is 123 Å². The minimum absolute atomic E-state index is 0.0297. The molecule has 0 N–H and O–H groups in total. The van der Waals surface area contributed by atoms with Crippen molar-refractivity contribution in [2.75, 3.05) is 26.7 Å². The molecule has 0 saturated carbocycles. The van der Waals surface area contributed by atoms with E-state index in [2.05, 4.69) is 4.90 Å². The molecular weight excluding hydrogens is 273 g/mol. The van der Waals surface area contributed by atoms with Gasteiger partial charge in [-0.2, -0.15) is 0 Å². The van der Waals surface area contributed by atoms with Gasteiger partial charge in [-0.05, 0) is 44.1 Å². The van der Waals surface area contributed by atoms with Crippen molar-refractivity contribution in [1.29, 1.82) is 0 Å². The van der Waals surface area contributed by atoms with Crippen molar-refractivity contribution in [3.63, 3.8) is 0 Å². The summed E-state index contributed by atoms with van der Waals surface area (Å²) in [7, 11) is 1.44. The number of carbonyl (C=O) groups is 1. The van der Waals surface area contributed by atoms with Gasteiger partial charge >= 0.3 is 5.97 Å². The van der Waals surface area contributed by atoms with Gasteiger partial charge in [0.1, 0.15) is 17.7 Å². The second-order valence-corrected chi connectivity index (χ2v) is 5.79. The van der Waals surface area contributed by atoms with Crippen molar-refractivity contribution < 1.29 is 18.7 Å². The molecule has 2 heterocycles. The molecule has 4 nitrogen and oxygen atoms in total. The van der Waals surface area contributed by atoms with Gasteiger partial charge in [0.15, 0.2) is 0 Å². The largest absolute Gasteiger partial charge is 0.488 e. The molecular formula is C16H20FNO3. The lowest BCUT2D eigenvalue weighted by Gasteiger charge is -2.32. The Hall–Kier alpha value is -1.62. The van der Waals surface area contributed by atoms with E-state index in [1.165, 1.54) is 13.2 Å². The summed E-state index contributed by atoms with van der Waals surface area (Å²) in [5, 5.41) is 0. The van der Waals surface area contributed by atoms with Gasteiger partial charge in [-0.25, -0.2) is 4.39 Å². The monoisotopic (exact) mass is 293 g/mol. The lowest BCUT2D eigenvalue weighted by atomic mass is 9.96. The average Bonchev–Trinajstić information content (AvgIpc) is 2.88. The SMILES string of the molecule is COC(=O)C1CCN(CC2Cc3cc(F)ccc3O2)CC1. The van der Waals surface area contributed by atoms with Crippen LogP contribution in [0.25, 0.3) is 0 Å². The number of esters is 1. The summed E-state index contributed by atoms with van der Waals surface area (Å²) in [6.07, 6.45) is 2.50. The molecule has 0 aromatic heterocycles. The van der Waals surface area contributed by atoms with E-state index in [4.69, 9.17) is 9.47 Å². The van der Waals surface area contributed by atoms with Crippen molar-refractivity contribution >= 4 is 5.97 Å². The van der Waals surface area contributed by atoms with Crippen LogP contribution in [0.4, 0.5) is 4.39 Å². The van der Waals surface area contributed by atoms with E-state index < -0.39 is 0 Å². The predicted octanol–water partition coefficient (Wildman–Crippen LogP) is 2.01. The third kappa shape index (κ3) is 3.18. The van der Waals surface area contributed by atoms with Crippen LogP contribution in [0.5, 0.6) is 5.75 Å². The molecule has 1 aromatic rings. The maximum atomic E-state index is 13.2. The second kappa shape index (κ2) is 6.02. The number of fused-ring (bicyclic) bond motifs is 1. The maximum Gasteiger partial charge on any atom is 0.308 e. The fraction of sp³-hybridized carbons (Fsp3) is 0.562. The Morgan fingerprint density at radius 1 is 1.43 bits per heavy atom. The first kappa shape index (κ1) is 14.3. The highest BCUT2D eigenvalue weighted by atomic mass is 19.1. The summed E-state index contributed by atoms with van der Waals surface area (Å²) in [5.41, 5.74) is 0.949. The molecule has 1 fully saturated rings. The quantitative estimate of drug-likeness (QED) is 0.799. The molecule has 1 atom stereocenters. The number of halogens is 1. The molecule has 2 aliphatic heterocycles. The van der Waals surface area contributed by atoms with E-state index in [9.17, 15) is 9.18 Å². The number of ether oxygens (including phenoxy) is 2. The molecule has 21 heavy (non-hydrogen) atoms. The first-order valence-corrected chi connectivity index (χ1v) is 7.41.